The molecule has 1 amide bonds. The van der Waals surface area contributed by atoms with E-state index in [-0.39, 0.29) is 11.3 Å². The number of nitrogens with one attached hydrogen (secondary N) is 1. The molecule has 3 rings (SSSR count). The second-order valence-electron chi connectivity index (χ2n) is 9.53. The first kappa shape index (κ1) is 23.0. The molecule has 0 bridgehead atoms. The largest absolute Gasteiger partial charge is 0.493 e. The van der Waals surface area contributed by atoms with Gasteiger partial charge in [-0.05, 0) is 55.3 Å². The summed E-state index contributed by atoms with van der Waals surface area (Å²) in [7, 11) is 0. The molecule has 1 fully saturated rings. The number of aromatic nitrogens is 2. The van der Waals surface area contributed by atoms with Gasteiger partial charge in [0.15, 0.2) is 0 Å². The Bertz CT molecular complexity index is 926. The van der Waals surface area contributed by atoms with Crippen molar-refractivity contribution < 1.29 is 15.1 Å². The molecule has 0 spiro atoms. The Morgan fingerprint density at radius 2 is 1.97 bits per heavy atom. The van der Waals surface area contributed by atoms with Gasteiger partial charge in [-0.25, -0.2) is 10.2 Å². The average molecular weight is 427 g/mol. The van der Waals surface area contributed by atoms with Crippen LogP contribution in [0.1, 0.15) is 62.0 Å². The summed E-state index contributed by atoms with van der Waals surface area (Å²) in [4.78, 5) is 13.6. The number of rotatable bonds is 7. The van der Waals surface area contributed by atoms with Crippen LogP contribution in [0.3, 0.4) is 0 Å². The summed E-state index contributed by atoms with van der Waals surface area (Å²) in [5, 5.41) is 23.8. The van der Waals surface area contributed by atoms with Crippen molar-refractivity contribution in [3.8, 4) is 5.88 Å². The third-order valence-electron chi connectivity index (χ3n) is 5.77. The van der Waals surface area contributed by atoms with Gasteiger partial charge in [0.05, 0.1) is 12.2 Å². The molecule has 168 valence electrons. The third-order valence-corrected chi connectivity index (χ3v) is 5.77. The van der Waals surface area contributed by atoms with Gasteiger partial charge in [-0.15, -0.1) is 0 Å². The third kappa shape index (κ3) is 5.95. The van der Waals surface area contributed by atoms with Crippen molar-refractivity contribution in [2.75, 3.05) is 13.1 Å². The van der Waals surface area contributed by atoms with E-state index in [2.05, 4.69) is 42.9 Å². The predicted molar refractivity (Wildman–Crippen MR) is 121 cm³/mol. The molecule has 1 aromatic carbocycles. The van der Waals surface area contributed by atoms with Gasteiger partial charge in [-0.1, -0.05) is 45.0 Å². The van der Waals surface area contributed by atoms with Gasteiger partial charge >= 0.3 is 0 Å². The molecule has 0 radical (unpaired) electrons. The van der Waals surface area contributed by atoms with E-state index < -0.39 is 5.91 Å². The molecule has 31 heavy (non-hydrogen) atoms. The van der Waals surface area contributed by atoms with Crippen LogP contribution in [0.4, 0.5) is 0 Å². The number of carbonyl (C=O) groups is 1. The lowest BCUT2D eigenvalue weighted by Crippen LogP contribution is -2.27. The molecule has 1 aliphatic heterocycles. The Kier molecular flexibility index (Phi) is 7.18. The van der Waals surface area contributed by atoms with Crippen LogP contribution in [-0.2, 0) is 17.8 Å². The summed E-state index contributed by atoms with van der Waals surface area (Å²) >= 11 is 0. The molecule has 0 saturated carbocycles. The zero-order chi connectivity index (χ0) is 22.6. The predicted octanol–water partition coefficient (Wildman–Crippen LogP) is 3.84. The fourth-order valence-electron chi connectivity index (χ4n) is 4.15. The molecule has 0 unspecified atom stereocenters. The maximum absolute atomic E-state index is 11.1. The Labute approximate surface area is 184 Å². The van der Waals surface area contributed by atoms with Gasteiger partial charge in [-0.3, -0.25) is 14.9 Å². The fraction of sp³-hybridized carbons (Fsp3) is 0.500. The summed E-state index contributed by atoms with van der Waals surface area (Å²) in [5.74, 6) is -0.271. The highest BCUT2D eigenvalue weighted by Crippen LogP contribution is 2.32. The van der Waals surface area contributed by atoms with E-state index in [1.807, 2.05) is 19.1 Å². The molecule has 0 aliphatic carbocycles. The highest BCUT2D eigenvalue weighted by atomic mass is 16.5. The normalized spacial score (nSPS) is 17.5. The first-order valence-corrected chi connectivity index (χ1v) is 10.9. The molecule has 1 saturated heterocycles. The van der Waals surface area contributed by atoms with E-state index in [1.54, 1.807) is 16.2 Å². The van der Waals surface area contributed by atoms with Gasteiger partial charge in [0.25, 0.3) is 5.91 Å². The van der Waals surface area contributed by atoms with Gasteiger partial charge in [-0.2, -0.15) is 5.10 Å². The number of nitrogens with zero attached hydrogens (tertiary/aromatic N) is 3. The highest BCUT2D eigenvalue weighted by Gasteiger charge is 2.26. The van der Waals surface area contributed by atoms with E-state index in [1.165, 1.54) is 11.6 Å². The minimum absolute atomic E-state index is 0.125. The molecule has 1 aliphatic rings. The van der Waals surface area contributed by atoms with Crippen LogP contribution in [0.2, 0.25) is 0 Å². The molecular weight excluding hydrogens is 392 g/mol. The number of likely N-dealkylation sites (tertiary alicyclic amines) is 1. The smallest absolute Gasteiger partial charge is 0.267 e. The number of amides is 1. The van der Waals surface area contributed by atoms with Crippen molar-refractivity contribution in [2.45, 2.75) is 59.5 Å². The topological polar surface area (TPSA) is 90.6 Å². The maximum Gasteiger partial charge on any atom is 0.267 e. The molecule has 1 aromatic heterocycles. The lowest BCUT2D eigenvalue weighted by atomic mass is 9.89. The molecular formula is C24H34N4O3. The number of aromatic hydroxyl groups is 1. The van der Waals surface area contributed by atoms with Gasteiger partial charge in [0.2, 0.25) is 5.88 Å². The first-order valence-electron chi connectivity index (χ1n) is 10.9. The fourth-order valence-corrected chi connectivity index (χ4v) is 4.15. The second kappa shape index (κ2) is 9.66. The highest BCUT2D eigenvalue weighted by molar-refractivity contribution is 5.90. The standard InChI is InChI=1S/C24H34N4O3/c1-17-20(16-24(2,3)4)25-28(23(17)30)15-14-27-13-5-6-21(27)19-10-7-18(8-11-19)9-12-22(29)26-31/h7-12,21,30-31H,5-6,13-16H2,1-4H3,(H,26,29)/t21-/m0/s1. The van der Waals surface area contributed by atoms with Crippen LogP contribution in [-0.4, -0.2) is 44.0 Å². The van der Waals surface area contributed by atoms with Crippen LogP contribution >= 0.6 is 0 Å². The van der Waals surface area contributed by atoms with Crippen LogP contribution in [0.25, 0.3) is 6.08 Å². The summed E-state index contributed by atoms with van der Waals surface area (Å²) < 4.78 is 1.74. The Morgan fingerprint density at radius 1 is 1.26 bits per heavy atom. The molecule has 7 heteroatoms. The van der Waals surface area contributed by atoms with Gasteiger partial charge < -0.3 is 5.11 Å². The van der Waals surface area contributed by atoms with Crippen LogP contribution in [0.15, 0.2) is 30.3 Å². The number of hydroxylamine groups is 1. The maximum atomic E-state index is 11.1. The van der Waals surface area contributed by atoms with Gasteiger partial charge in [0.1, 0.15) is 0 Å². The van der Waals surface area contributed by atoms with Crippen LogP contribution in [0.5, 0.6) is 5.88 Å². The van der Waals surface area contributed by atoms with Gasteiger partial charge in [0, 0.05) is 24.2 Å². The van der Waals surface area contributed by atoms with E-state index >= 15 is 0 Å². The van der Waals surface area contributed by atoms with Crippen molar-refractivity contribution in [3.63, 3.8) is 0 Å². The van der Waals surface area contributed by atoms with Crippen molar-refractivity contribution >= 4 is 12.0 Å². The summed E-state index contributed by atoms with van der Waals surface area (Å²) in [5.41, 5.74) is 5.72. The van der Waals surface area contributed by atoms with Crippen LogP contribution in [0, 0.1) is 12.3 Å². The van der Waals surface area contributed by atoms with E-state index in [9.17, 15) is 9.90 Å². The SMILES string of the molecule is Cc1c(CC(C)(C)C)nn(CCN2CCC[C@H]2c2ccc(C=CC(=O)NO)cc2)c1O. The molecule has 2 aromatic rings. The minimum atomic E-state index is -0.547. The Balaban J connectivity index is 1.65. The lowest BCUT2D eigenvalue weighted by Gasteiger charge is -2.25. The average Bonchev–Trinajstić information content (AvgIpc) is 3.30. The summed E-state index contributed by atoms with van der Waals surface area (Å²) in [6.45, 7) is 11.0. The van der Waals surface area contributed by atoms with Crippen molar-refractivity contribution in [2.24, 2.45) is 5.41 Å². The monoisotopic (exact) mass is 426 g/mol. The number of benzene rings is 1. The summed E-state index contributed by atoms with van der Waals surface area (Å²) in [6, 6.07) is 8.49. The van der Waals surface area contributed by atoms with E-state index in [0.29, 0.717) is 12.6 Å². The number of hydrogen-bond donors (Lipinski definition) is 3. The van der Waals surface area contributed by atoms with Crippen molar-refractivity contribution in [3.05, 3.63) is 52.7 Å². The first-order chi connectivity index (χ1) is 14.7. The number of carbonyl (C=O) groups excluding carboxylic acids is 1. The zero-order valence-corrected chi connectivity index (χ0v) is 18.9. The lowest BCUT2D eigenvalue weighted by molar-refractivity contribution is -0.124. The second-order valence-corrected chi connectivity index (χ2v) is 9.53. The molecule has 1 atom stereocenters. The van der Waals surface area contributed by atoms with E-state index in [4.69, 9.17) is 5.21 Å². The van der Waals surface area contributed by atoms with Crippen LogP contribution < -0.4 is 5.48 Å². The quantitative estimate of drug-likeness (QED) is 0.355. The summed E-state index contributed by atoms with van der Waals surface area (Å²) in [6.07, 6.45) is 6.04. The zero-order valence-electron chi connectivity index (χ0n) is 18.9. The molecule has 7 nitrogen and oxygen atoms in total. The minimum Gasteiger partial charge on any atom is -0.493 e. The Hall–Kier alpha value is -2.64. The Morgan fingerprint density at radius 3 is 2.61 bits per heavy atom. The van der Waals surface area contributed by atoms with E-state index in [0.717, 1.165) is 49.2 Å². The molecule has 2 heterocycles. The van der Waals surface area contributed by atoms with Crippen molar-refractivity contribution in [1.82, 2.24) is 20.2 Å². The number of hydrogen-bond acceptors (Lipinski definition) is 5. The molecule has 3 N–H and O–H groups in total. The van der Waals surface area contributed by atoms with Crippen molar-refractivity contribution in [1.29, 1.82) is 0 Å².